The van der Waals surface area contributed by atoms with Crippen LogP contribution in [0.2, 0.25) is 0 Å². The summed E-state index contributed by atoms with van der Waals surface area (Å²) in [6.07, 6.45) is 8.61. The van der Waals surface area contributed by atoms with Gasteiger partial charge in [-0.15, -0.1) is 11.8 Å². The molecule has 1 saturated carbocycles. The van der Waals surface area contributed by atoms with Crippen LogP contribution >= 0.6 is 11.8 Å². The Morgan fingerprint density at radius 3 is 2.32 bits per heavy atom. The number of amides is 2. The van der Waals surface area contributed by atoms with Crippen molar-refractivity contribution in [3.05, 3.63) is 42.0 Å². The van der Waals surface area contributed by atoms with Gasteiger partial charge in [-0.25, -0.2) is 0 Å². The van der Waals surface area contributed by atoms with Crippen LogP contribution in [0.4, 0.5) is 0 Å². The summed E-state index contributed by atoms with van der Waals surface area (Å²) in [4.78, 5) is 28.3. The van der Waals surface area contributed by atoms with E-state index in [-0.39, 0.29) is 11.8 Å². The predicted octanol–water partition coefficient (Wildman–Crippen LogP) is 3.05. The van der Waals surface area contributed by atoms with E-state index >= 15 is 0 Å². The lowest BCUT2D eigenvalue weighted by Gasteiger charge is -2.34. The molecule has 0 unspecified atom stereocenters. The van der Waals surface area contributed by atoms with Gasteiger partial charge in [0.15, 0.2) is 0 Å². The van der Waals surface area contributed by atoms with Crippen molar-refractivity contribution in [2.75, 3.05) is 31.9 Å². The Kier molecular flexibility index (Phi) is 6.56. The molecule has 1 aliphatic heterocycles. The number of benzene rings is 1. The molecule has 25 heavy (non-hydrogen) atoms. The number of thioether (sulfide) groups is 1. The van der Waals surface area contributed by atoms with E-state index in [1.54, 1.807) is 6.08 Å². The molecule has 2 fully saturated rings. The van der Waals surface area contributed by atoms with Gasteiger partial charge < -0.3 is 9.80 Å². The van der Waals surface area contributed by atoms with E-state index in [1.165, 1.54) is 25.7 Å². The molecule has 0 radical (unpaired) electrons. The minimum Gasteiger partial charge on any atom is -0.338 e. The second kappa shape index (κ2) is 9.09. The minimum absolute atomic E-state index is 0.0243. The Bertz CT molecular complexity index is 603. The second-order valence-corrected chi connectivity index (χ2v) is 7.96. The predicted molar refractivity (Wildman–Crippen MR) is 103 cm³/mol. The van der Waals surface area contributed by atoms with Crippen molar-refractivity contribution in [1.82, 2.24) is 9.80 Å². The molecule has 134 valence electrons. The van der Waals surface area contributed by atoms with Gasteiger partial charge in [0.05, 0.1) is 5.75 Å². The van der Waals surface area contributed by atoms with Crippen LogP contribution in [0.5, 0.6) is 0 Å². The molecule has 4 nitrogen and oxygen atoms in total. The van der Waals surface area contributed by atoms with Crippen molar-refractivity contribution in [2.45, 2.75) is 30.9 Å². The van der Waals surface area contributed by atoms with E-state index in [2.05, 4.69) is 0 Å². The van der Waals surface area contributed by atoms with E-state index < -0.39 is 0 Å². The fourth-order valence-corrected chi connectivity index (χ4v) is 4.58. The minimum atomic E-state index is 0.0243. The summed E-state index contributed by atoms with van der Waals surface area (Å²) in [5.41, 5.74) is 1.02. The molecule has 1 heterocycles. The molecule has 1 aliphatic carbocycles. The van der Waals surface area contributed by atoms with Crippen LogP contribution in [0.25, 0.3) is 6.08 Å². The molecule has 5 heteroatoms. The highest BCUT2D eigenvalue weighted by Crippen LogP contribution is 2.29. The molecule has 0 aromatic heterocycles. The molecule has 0 N–H and O–H groups in total. The van der Waals surface area contributed by atoms with E-state index in [0.29, 0.717) is 37.2 Å². The van der Waals surface area contributed by atoms with Gasteiger partial charge in [0, 0.05) is 37.5 Å². The van der Waals surface area contributed by atoms with Gasteiger partial charge in [-0.3, -0.25) is 9.59 Å². The first kappa shape index (κ1) is 18.1. The zero-order valence-corrected chi connectivity index (χ0v) is 15.4. The summed E-state index contributed by atoms with van der Waals surface area (Å²) in [5.74, 6) is 0.840. The first-order valence-corrected chi connectivity index (χ1v) is 10.2. The maximum absolute atomic E-state index is 12.3. The number of carbonyl (C=O) groups excluding carboxylic acids is 2. The van der Waals surface area contributed by atoms with Gasteiger partial charge in [-0.1, -0.05) is 43.2 Å². The highest BCUT2D eigenvalue weighted by Gasteiger charge is 2.24. The summed E-state index contributed by atoms with van der Waals surface area (Å²) < 4.78 is 0. The molecule has 0 atom stereocenters. The first-order valence-electron chi connectivity index (χ1n) is 9.14. The largest absolute Gasteiger partial charge is 0.338 e. The summed E-state index contributed by atoms with van der Waals surface area (Å²) in [6, 6.07) is 9.82. The fraction of sp³-hybridized carbons (Fsp3) is 0.500. The monoisotopic (exact) mass is 358 g/mol. The second-order valence-electron chi connectivity index (χ2n) is 6.67. The van der Waals surface area contributed by atoms with Crippen LogP contribution in [0.1, 0.15) is 31.2 Å². The van der Waals surface area contributed by atoms with Gasteiger partial charge >= 0.3 is 0 Å². The van der Waals surface area contributed by atoms with Crippen LogP contribution in [0, 0.1) is 0 Å². The molecule has 1 aromatic carbocycles. The number of piperazine rings is 1. The average Bonchev–Trinajstić information content (AvgIpc) is 3.19. The highest BCUT2D eigenvalue weighted by atomic mass is 32.2. The van der Waals surface area contributed by atoms with Crippen LogP contribution in [-0.4, -0.2) is 58.8 Å². The van der Waals surface area contributed by atoms with Gasteiger partial charge in [0.25, 0.3) is 0 Å². The number of carbonyl (C=O) groups is 2. The Labute approximate surface area is 154 Å². The smallest absolute Gasteiger partial charge is 0.246 e. The van der Waals surface area contributed by atoms with Gasteiger partial charge in [0.2, 0.25) is 11.8 Å². The van der Waals surface area contributed by atoms with Crippen molar-refractivity contribution >= 4 is 29.7 Å². The Morgan fingerprint density at radius 1 is 1.00 bits per heavy atom. The van der Waals surface area contributed by atoms with E-state index in [0.717, 1.165) is 5.56 Å². The number of hydrogen-bond donors (Lipinski definition) is 0. The Balaban J connectivity index is 1.40. The summed E-state index contributed by atoms with van der Waals surface area (Å²) in [7, 11) is 0. The topological polar surface area (TPSA) is 40.6 Å². The Morgan fingerprint density at radius 2 is 1.64 bits per heavy atom. The summed E-state index contributed by atoms with van der Waals surface area (Å²) >= 11 is 1.82. The lowest BCUT2D eigenvalue weighted by atomic mass is 10.2. The third-order valence-electron chi connectivity index (χ3n) is 4.91. The maximum Gasteiger partial charge on any atom is 0.246 e. The summed E-state index contributed by atoms with van der Waals surface area (Å²) in [6.45, 7) is 2.54. The van der Waals surface area contributed by atoms with E-state index in [4.69, 9.17) is 0 Å². The van der Waals surface area contributed by atoms with Gasteiger partial charge in [0.1, 0.15) is 0 Å². The SMILES string of the molecule is O=C(/C=C/c1ccccc1)N1CCN(C(=O)CSC2CCCC2)CC1. The van der Waals surface area contributed by atoms with Crippen molar-refractivity contribution in [2.24, 2.45) is 0 Å². The standard InChI is InChI=1S/C20H26N2O2S/c23-19(11-10-17-6-2-1-3-7-17)21-12-14-22(15-13-21)20(24)16-25-18-8-4-5-9-18/h1-3,6-7,10-11,18H,4-5,8-9,12-16H2/b11-10+. The quantitative estimate of drug-likeness (QED) is 0.760. The Hall–Kier alpha value is -1.75. The molecule has 2 amide bonds. The zero-order chi connectivity index (χ0) is 17.5. The third-order valence-corrected chi connectivity index (χ3v) is 6.26. The molecule has 1 saturated heterocycles. The molecule has 3 rings (SSSR count). The number of hydrogen-bond acceptors (Lipinski definition) is 3. The fourth-order valence-electron chi connectivity index (χ4n) is 3.35. The first-order chi connectivity index (χ1) is 12.2. The van der Waals surface area contributed by atoms with Crippen molar-refractivity contribution in [1.29, 1.82) is 0 Å². The van der Waals surface area contributed by atoms with Crippen LogP contribution in [-0.2, 0) is 9.59 Å². The normalized spacial score (nSPS) is 18.9. The zero-order valence-electron chi connectivity index (χ0n) is 14.6. The van der Waals surface area contributed by atoms with Gasteiger partial charge in [-0.2, -0.15) is 0 Å². The number of rotatable bonds is 5. The molecule has 0 spiro atoms. The van der Waals surface area contributed by atoms with Crippen molar-refractivity contribution < 1.29 is 9.59 Å². The van der Waals surface area contributed by atoms with Crippen molar-refractivity contribution in [3.63, 3.8) is 0 Å². The van der Waals surface area contributed by atoms with E-state index in [1.807, 2.05) is 58.0 Å². The third kappa shape index (κ3) is 5.36. The van der Waals surface area contributed by atoms with Crippen LogP contribution in [0.3, 0.4) is 0 Å². The molecule has 0 bridgehead atoms. The van der Waals surface area contributed by atoms with Crippen LogP contribution < -0.4 is 0 Å². The lowest BCUT2D eigenvalue weighted by Crippen LogP contribution is -2.50. The van der Waals surface area contributed by atoms with Crippen molar-refractivity contribution in [3.8, 4) is 0 Å². The summed E-state index contributed by atoms with van der Waals surface area (Å²) in [5, 5.41) is 0.676. The van der Waals surface area contributed by atoms with Gasteiger partial charge in [-0.05, 0) is 24.5 Å². The molecular weight excluding hydrogens is 332 g/mol. The van der Waals surface area contributed by atoms with Crippen LogP contribution in [0.15, 0.2) is 36.4 Å². The molecule has 1 aromatic rings. The number of nitrogens with zero attached hydrogens (tertiary/aromatic N) is 2. The highest BCUT2D eigenvalue weighted by molar-refractivity contribution is 8.00. The average molecular weight is 359 g/mol. The molecule has 2 aliphatic rings. The van der Waals surface area contributed by atoms with E-state index in [9.17, 15) is 9.59 Å². The maximum atomic E-state index is 12.3. The molecular formula is C20H26N2O2S. The lowest BCUT2D eigenvalue weighted by molar-refractivity contribution is -0.135.